The monoisotopic (exact) mass is 316 g/mol. The molecule has 0 atom stereocenters. The fourth-order valence-corrected chi connectivity index (χ4v) is 2.72. The van der Waals surface area contributed by atoms with Crippen LogP contribution in [0.2, 0.25) is 0 Å². The summed E-state index contributed by atoms with van der Waals surface area (Å²) in [6, 6.07) is 4.16. The fraction of sp³-hybridized carbons (Fsp3) is 0.417. The Balaban J connectivity index is 2.44. The van der Waals surface area contributed by atoms with Crippen molar-refractivity contribution < 1.29 is 9.53 Å². The number of ether oxygens (including phenoxy) is 1. The van der Waals surface area contributed by atoms with Crippen molar-refractivity contribution in [2.45, 2.75) is 25.7 Å². The number of ketones is 1. The number of halogens is 1. The number of aryl methyl sites for hydroxylation is 1. The predicted octanol–water partition coefficient (Wildman–Crippen LogP) is 2.75. The highest BCUT2D eigenvalue weighted by Gasteiger charge is 2.15. The van der Waals surface area contributed by atoms with Crippen molar-refractivity contribution in [3.8, 4) is 5.75 Å². The maximum Gasteiger partial charge on any atom is 0.137 e. The van der Waals surface area contributed by atoms with Gasteiger partial charge in [-0.25, -0.2) is 0 Å². The van der Waals surface area contributed by atoms with E-state index in [1.54, 1.807) is 7.11 Å². The number of fused-ring (bicyclic) bond motifs is 1. The van der Waals surface area contributed by atoms with Crippen LogP contribution in [0.15, 0.2) is 12.1 Å². The van der Waals surface area contributed by atoms with Gasteiger partial charge in [0.05, 0.1) is 10.7 Å². The molecule has 1 aliphatic carbocycles. The number of hydrogen-bond donors (Lipinski definition) is 0. The van der Waals surface area contributed by atoms with E-state index in [4.69, 9.17) is 4.74 Å². The lowest BCUT2D eigenvalue weighted by molar-refractivity contribution is -0.118. The van der Waals surface area contributed by atoms with Crippen LogP contribution in [0.4, 0.5) is 0 Å². The second-order valence-corrected chi connectivity index (χ2v) is 4.99. The Bertz CT molecular complexity index is 399. The van der Waals surface area contributed by atoms with Crippen LogP contribution in [0.1, 0.15) is 24.0 Å². The minimum absolute atomic E-state index is 0.344. The quantitative estimate of drug-likeness (QED) is 0.588. The van der Waals surface area contributed by atoms with Gasteiger partial charge in [0.1, 0.15) is 11.5 Å². The molecule has 15 heavy (non-hydrogen) atoms. The number of carbonyl (C=O) groups excluding carboxylic acids is 1. The van der Waals surface area contributed by atoms with E-state index in [1.165, 1.54) is 5.56 Å². The van der Waals surface area contributed by atoms with E-state index < -0.39 is 0 Å². The lowest BCUT2D eigenvalue weighted by Crippen LogP contribution is -2.01. The van der Waals surface area contributed by atoms with Crippen molar-refractivity contribution in [3.05, 3.63) is 26.8 Å². The first-order valence-electron chi connectivity index (χ1n) is 5.07. The highest BCUT2D eigenvalue weighted by Crippen LogP contribution is 2.28. The summed E-state index contributed by atoms with van der Waals surface area (Å²) in [6.45, 7) is 0. The number of methoxy groups -OCH3 is 1. The van der Waals surface area contributed by atoms with Crippen LogP contribution < -0.4 is 4.74 Å². The van der Waals surface area contributed by atoms with E-state index in [1.807, 2.05) is 6.07 Å². The fourth-order valence-electron chi connectivity index (χ4n) is 1.97. The Morgan fingerprint density at radius 1 is 1.27 bits per heavy atom. The number of rotatable bonds is 1. The van der Waals surface area contributed by atoms with Gasteiger partial charge in [-0.05, 0) is 58.7 Å². The van der Waals surface area contributed by atoms with E-state index >= 15 is 0 Å². The van der Waals surface area contributed by atoms with E-state index in [0.717, 1.165) is 27.7 Å². The van der Waals surface area contributed by atoms with Crippen LogP contribution in [0.3, 0.4) is 0 Å². The van der Waals surface area contributed by atoms with E-state index in [9.17, 15) is 4.79 Å². The molecule has 0 spiro atoms. The zero-order chi connectivity index (χ0) is 10.8. The highest BCUT2D eigenvalue weighted by molar-refractivity contribution is 14.1. The SMILES string of the molecule is COc1cc2c(cc1I)CCCC(=O)C2. The summed E-state index contributed by atoms with van der Waals surface area (Å²) >= 11 is 2.27. The summed E-state index contributed by atoms with van der Waals surface area (Å²) in [5.74, 6) is 1.22. The molecular weight excluding hydrogens is 303 g/mol. The third kappa shape index (κ3) is 2.33. The Hall–Kier alpha value is -0.580. The zero-order valence-corrected chi connectivity index (χ0v) is 10.8. The van der Waals surface area contributed by atoms with E-state index in [2.05, 4.69) is 28.7 Å². The third-order valence-electron chi connectivity index (χ3n) is 2.76. The highest BCUT2D eigenvalue weighted by atomic mass is 127. The van der Waals surface area contributed by atoms with Crippen LogP contribution >= 0.6 is 22.6 Å². The molecular formula is C12H13IO2. The predicted molar refractivity (Wildman–Crippen MR) is 67.4 cm³/mol. The maximum absolute atomic E-state index is 11.5. The van der Waals surface area contributed by atoms with Crippen LogP contribution in [0.25, 0.3) is 0 Å². The van der Waals surface area contributed by atoms with Crippen molar-refractivity contribution >= 4 is 28.4 Å². The topological polar surface area (TPSA) is 26.3 Å². The summed E-state index contributed by atoms with van der Waals surface area (Å²) in [6.07, 6.45) is 3.28. The lowest BCUT2D eigenvalue weighted by Gasteiger charge is -2.09. The minimum atomic E-state index is 0.344. The standard InChI is InChI=1S/C12H13IO2/c1-15-12-7-9-5-10(14)4-2-3-8(9)6-11(12)13/h6-7H,2-5H2,1H3. The number of Topliss-reactive ketones (excluding diaryl/α,β-unsaturated/α-hetero) is 1. The average Bonchev–Trinajstić information content (AvgIpc) is 2.37. The summed E-state index contributed by atoms with van der Waals surface area (Å²) in [5, 5.41) is 0. The van der Waals surface area contributed by atoms with Gasteiger partial charge < -0.3 is 4.74 Å². The first-order valence-corrected chi connectivity index (χ1v) is 6.15. The molecule has 0 unspecified atom stereocenters. The molecule has 0 saturated carbocycles. The van der Waals surface area contributed by atoms with Gasteiger partial charge in [-0.3, -0.25) is 4.79 Å². The molecule has 2 rings (SSSR count). The first-order chi connectivity index (χ1) is 7.20. The summed E-state index contributed by atoms with van der Waals surface area (Å²) < 4.78 is 6.40. The molecule has 1 aliphatic rings. The Labute approximate surface area is 103 Å². The van der Waals surface area contributed by atoms with Gasteiger partial charge in [-0.2, -0.15) is 0 Å². The van der Waals surface area contributed by atoms with E-state index in [-0.39, 0.29) is 0 Å². The van der Waals surface area contributed by atoms with E-state index in [0.29, 0.717) is 18.6 Å². The molecule has 0 fully saturated rings. The molecule has 0 aromatic heterocycles. The largest absolute Gasteiger partial charge is 0.496 e. The van der Waals surface area contributed by atoms with Crippen molar-refractivity contribution in [1.82, 2.24) is 0 Å². The Morgan fingerprint density at radius 2 is 2.07 bits per heavy atom. The Morgan fingerprint density at radius 3 is 2.80 bits per heavy atom. The van der Waals surface area contributed by atoms with Crippen molar-refractivity contribution in [2.24, 2.45) is 0 Å². The molecule has 0 heterocycles. The molecule has 2 nitrogen and oxygen atoms in total. The molecule has 0 amide bonds. The molecule has 1 aromatic rings. The molecule has 1 aromatic carbocycles. The molecule has 0 saturated heterocycles. The Kier molecular flexibility index (Phi) is 3.29. The normalized spacial score (nSPS) is 15.7. The van der Waals surface area contributed by atoms with Gasteiger partial charge >= 0.3 is 0 Å². The number of carbonyl (C=O) groups is 1. The minimum Gasteiger partial charge on any atom is -0.496 e. The van der Waals surface area contributed by atoms with Crippen LogP contribution in [0, 0.1) is 3.57 Å². The molecule has 3 heteroatoms. The van der Waals surface area contributed by atoms with Crippen LogP contribution in [-0.4, -0.2) is 12.9 Å². The van der Waals surface area contributed by atoms with Crippen molar-refractivity contribution in [3.63, 3.8) is 0 Å². The van der Waals surface area contributed by atoms with Gasteiger partial charge in [0.2, 0.25) is 0 Å². The van der Waals surface area contributed by atoms with Crippen molar-refractivity contribution in [1.29, 1.82) is 0 Å². The smallest absolute Gasteiger partial charge is 0.137 e. The molecule has 0 radical (unpaired) electrons. The van der Waals surface area contributed by atoms with Gasteiger partial charge in [-0.1, -0.05) is 0 Å². The molecule has 0 N–H and O–H groups in total. The molecule has 0 bridgehead atoms. The number of hydrogen-bond acceptors (Lipinski definition) is 2. The zero-order valence-electron chi connectivity index (χ0n) is 8.68. The van der Waals surface area contributed by atoms with Crippen LogP contribution in [-0.2, 0) is 17.6 Å². The maximum atomic E-state index is 11.5. The van der Waals surface area contributed by atoms with Gasteiger partial charge in [-0.15, -0.1) is 0 Å². The van der Waals surface area contributed by atoms with Crippen molar-refractivity contribution in [2.75, 3.05) is 7.11 Å². The second-order valence-electron chi connectivity index (χ2n) is 3.82. The molecule has 80 valence electrons. The second kappa shape index (κ2) is 4.51. The van der Waals surface area contributed by atoms with Gasteiger partial charge in [0.25, 0.3) is 0 Å². The number of benzene rings is 1. The third-order valence-corrected chi connectivity index (χ3v) is 3.61. The summed E-state index contributed by atoms with van der Waals surface area (Å²) in [5.41, 5.74) is 2.46. The lowest BCUT2D eigenvalue weighted by atomic mass is 10.0. The van der Waals surface area contributed by atoms with Gasteiger partial charge in [0, 0.05) is 12.8 Å². The summed E-state index contributed by atoms with van der Waals surface area (Å²) in [4.78, 5) is 11.5. The van der Waals surface area contributed by atoms with Gasteiger partial charge in [0.15, 0.2) is 0 Å². The summed E-state index contributed by atoms with van der Waals surface area (Å²) in [7, 11) is 1.67. The average molecular weight is 316 g/mol. The molecule has 0 aliphatic heterocycles. The first kappa shape index (κ1) is 10.9. The van der Waals surface area contributed by atoms with Crippen LogP contribution in [0.5, 0.6) is 5.75 Å².